The highest BCUT2D eigenvalue weighted by atomic mass is 16.4. The monoisotopic (exact) mass is 193 g/mol. The van der Waals surface area contributed by atoms with E-state index in [0.29, 0.717) is 11.3 Å². The van der Waals surface area contributed by atoms with Crippen LogP contribution < -0.4 is 0 Å². The van der Waals surface area contributed by atoms with Crippen molar-refractivity contribution in [1.29, 1.82) is 0 Å². The molecule has 3 nitrogen and oxygen atoms in total. The topological polar surface area (TPSA) is 52.8 Å². The van der Waals surface area contributed by atoms with E-state index in [1.54, 1.807) is 6.92 Å². The van der Waals surface area contributed by atoms with E-state index in [0.717, 1.165) is 17.5 Å². The van der Waals surface area contributed by atoms with E-state index in [1.807, 2.05) is 26.0 Å². The van der Waals surface area contributed by atoms with Gasteiger partial charge in [0.05, 0.1) is 5.71 Å². The van der Waals surface area contributed by atoms with Crippen LogP contribution in [0.3, 0.4) is 0 Å². The van der Waals surface area contributed by atoms with Gasteiger partial charge >= 0.3 is 0 Å². The standard InChI is InChI=1S/C11H15NO2/c1-4-9-5-7(2)11(13)10(6-9)8(3)12-14/h5-6,13-14H,4H2,1-3H3/b12-8+. The fourth-order valence-corrected chi connectivity index (χ4v) is 1.39. The van der Waals surface area contributed by atoms with Crippen LogP contribution in [0, 0.1) is 6.92 Å². The predicted octanol–water partition coefficient (Wildman–Crippen LogP) is 2.46. The zero-order chi connectivity index (χ0) is 10.7. The van der Waals surface area contributed by atoms with Gasteiger partial charge in [0.2, 0.25) is 0 Å². The van der Waals surface area contributed by atoms with Gasteiger partial charge in [0.1, 0.15) is 5.75 Å². The van der Waals surface area contributed by atoms with Gasteiger partial charge in [-0.05, 0) is 37.5 Å². The zero-order valence-electron chi connectivity index (χ0n) is 8.70. The number of hydrogen-bond acceptors (Lipinski definition) is 3. The number of nitrogens with zero attached hydrogens (tertiary/aromatic N) is 1. The first-order valence-electron chi connectivity index (χ1n) is 4.61. The minimum absolute atomic E-state index is 0.192. The van der Waals surface area contributed by atoms with Gasteiger partial charge in [0.15, 0.2) is 0 Å². The minimum Gasteiger partial charge on any atom is -0.507 e. The van der Waals surface area contributed by atoms with E-state index >= 15 is 0 Å². The van der Waals surface area contributed by atoms with Crippen LogP contribution in [-0.4, -0.2) is 16.0 Å². The zero-order valence-corrected chi connectivity index (χ0v) is 8.70. The molecule has 0 unspecified atom stereocenters. The Balaban J connectivity index is 3.34. The lowest BCUT2D eigenvalue weighted by molar-refractivity contribution is 0.318. The summed E-state index contributed by atoms with van der Waals surface area (Å²) < 4.78 is 0. The lowest BCUT2D eigenvalue weighted by atomic mass is 10.0. The highest BCUT2D eigenvalue weighted by Gasteiger charge is 2.09. The first kappa shape index (κ1) is 10.6. The molecule has 0 aliphatic carbocycles. The van der Waals surface area contributed by atoms with Crippen LogP contribution in [0.2, 0.25) is 0 Å². The Bertz CT molecular complexity index is 370. The molecule has 0 fully saturated rings. The van der Waals surface area contributed by atoms with E-state index in [-0.39, 0.29) is 5.75 Å². The van der Waals surface area contributed by atoms with Gasteiger partial charge in [0.25, 0.3) is 0 Å². The lowest BCUT2D eigenvalue weighted by Gasteiger charge is -2.08. The highest BCUT2D eigenvalue weighted by molar-refractivity contribution is 6.01. The average Bonchev–Trinajstić information content (AvgIpc) is 2.20. The number of aryl methyl sites for hydroxylation is 2. The van der Waals surface area contributed by atoms with Crippen molar-refractivity contribution >= 4 is 5.71 Å². The molecule has 1 rings (SSSR count). The molecule has 0 aliphatic rings. The third kappa shape index (κ3) is 1.87. The van der Waals surface area contributed by atoms with Gasteiger partial charge in [-0.3, -0.25) is 0 Å². The summed E-state index contributed by atoms with van der Waals surface area (Å²) in [6.07, 6.45) is 0.896. The van der Waals surface area contributed by atoms with Crippen molar-refractivity contribution in [3.8, 4) is 5.75 Å². The van der Waals surface area contributed by atoms with Crippen molar-refractivity contribution in [2.75, 3.05) is 0 Å². The quantitative estimate of drug-likeness (QED) is 0.430. The van der Waals surface area contributed by atoms with Crippen molar-refractivity contribution in [2.24, 2.45) is 5.16 Å². The summed E-state index contributed by atoms with van der Waals surface area (Å²) in [5.74, 6) is 0.192. The van der Waals surface area contributed by atoms with Crippen molar-refractivity contribution in [3.63, 3.8) is 0 Å². The highest BCUT2D eigenvalue weighted by Crippen LogP contribution is 2.24. The molecule has 3 heteroatoms. The summed E-state index contributed by atoms with van der Waals surface area (Å²) in [7, 11) is 0. The Morgan fingerprint density at radius 2 is 2.07 bits per heavy atom. The molecule has 0 saturated heterocycles. The molecule has 0 aromatic heterocycles. The van der Waals surface area contributed by atoms with Gasteiger partial charge in [0, 0.05) is 5.56 Å². The van der Waals surface area contributed by atoms with Crippen LogP contribution in [0.1, 0.15) is 30.5 Å². The number of hydrogen-bond donors (Lipinski definition) is 2. The number of benzene rings is 1. The van der Waals surface area contributed by atoms with Crippen molar-refractivity contribution in [3.05, 3.63) is 28.8 Å². The van der Waals surface area contributed by atoms with Crippen LogP contribution in [-0.2, 0) is 6.42 Å². The molecule has 0 bridgehead atoms. The summed E-state index contributed by atoms with van der Waals surface area (Å²) in [6.45, 7) is 5.54. The molecule has 0 spiro atoms. The van der Waals surface area contributed by atoms with Crippen molar-refractivity contribution < 1.29 is 10.3 Å². The van der Waals surface area contributed by atoms with Crippen LogP contribution in [0.4, 0.5) is 0 Å². The van der Waals surface area contributed by atoms with E-state index in [4.69, 9.17) is 5.21 Å². The van der Waals surface area contributed by atoms with E-state index in [1.165, 1.54) is 0 Å². The molecule has 2 N–H and O–H groups in total. The van der Waals surface area contributed by atoms with Gasteiger partial charge in [-0.2, -0.15) is 0 Å². The second-order valence-electron chi connectivity index (χ2n) is 3.35. The minimum atomic E-state index is 0.192. The maximum atomic E-state index is 9.73. The Kier molecular flexibility index (Phi) is 3.12. The average molecular weight is 193 g/mol. The Morgan fingerprint density at radius 1 is 1.43 bits per heavy atom. The van der Waals surface area contributed by atoms with Crippen LogP contribution in [0.5, 0.6) is 5.75 Å². The third-order valence-electron chi connectivity index (χ3n) is 2.31. The molecular formula is C11H15NO2. The smallest absolute Gasteiger partial charge is 0.127 e. The molecule has 76 valence electrons. The SMILES string of the molecule is CCc1cc(C)c(O)c(/C(C)=N/O)c1. The van der Waals surface area contributed by atoms with E-state index in [2.05, 4.69) is 5.16 Å². The Hall–Kier alpha value is -1.51. The van der Waals surface area contributed by atoms with Crippen molar-refractivity contribution in [1.82, 2.24) is 0 Å². The summed E-state index contributed by atoms with van der Waals surface area (Å²) in [6, 6.07) is 3.78. The predicted molar refractivity (Wildman–Crippen MR) is 56.2 cm³/mol. The third-order valence-corrected chi connectivity index (χ3v) is 2.31. The molecule has 0 amide bonds. The Labute approximate surface area is 83.7 Å². The molecule has 14 heavy (non-hydrogen) atoms. The van der Waals surface area contributed by atoms with Gasteiger partial charge < -0.3 is 10.3 Å². The maximum Gasteiger partial charge on any atom is 0.127 e. The number of phenolic OH excluding ortho intramolecular Hbond substituents is 1. The first-order chi connectivity index (χ1) is 6.60. The van der Waals surface area contributed by atoms with E-state index < -0.39 is 0 Å². The fourth-order valence-electron chi connectivity index (χ4n) is 1.39. The number of rotatable bonds is 2. The number of aromatic hydroxyl groups is 1. The van der Waals surface area contributed by atoms with E-state index in [9.17, 15) is 5.11 Å². The molecule has 1 aromatic carbocycles. The van der Waals surface area contributed by atoms with Crippen molar-refractivity contribution in [2.45, 2.75) is 27.2 Å². The molecular weight excluding hydrogens is 178 g/mol. The molecule has 0 atom stereocenters. The van der Waals surface area contributed by atoms with Crippen LogP contribution >= 0.6 is 0 Å². The maximum absolute atomic E-state index is 9.73. The van der Waals surface area contributed by atoms with Crippen LogP contribution in [0.15, 0.2) is 17.3 Å². The number of phenols is 1. The van der Waals surface area contributed by atoms with Gasteiger partial charge in [-0.25, -0.2) is 0 Å². The lowest BCUT2D eigenvalue weighted by Crippen LogP contribution is -1.98. The first-order valence-corrected chi connectivity index (χ1v) is 4.61. The molecule has 0 saturated carbocycles. The molecule has 0 heterocycles. The molecule has 0 radical (unpaired) electrons. The molecule has 1 aromatic rings. The van der Waals surface area contributed by atoms with Crippen LogP contribution in [0.25, 0.3) is 0 Å². The molecule has 0 aliphatic heterocycles. The van der Waals surface area contributed by atoms with Gasteiger partial charge in [-0.1, -0.05) is 18.1 Å². The number of oxime groups is 1. The second kappa shape index (κ2) is 4.13. The summed E-state index contributed by atoms with van der Waals surface area (Å²) >= 11 is 0. The summed E-state index contributed by atoms with van der Waals surface area (Å²) in [5, 5.41) is 21.5. The summed E-state index contributed by atoms with van der Waals surface area (Å²) in [4.78, 5) is 0. The second-order valence-corrected chi connectivity index (χ2v) is 3.35. The summed E-state index contributed by atoms with van der Waals surface area (Å²) in [5.41, 5.74) is 2.96. The largest absolute Gasteiger partial charge is 0.507 e. The fraction of sp³-hybridized carbons (Fsp3) is 0.364. The van der Waals surface area contributed by atoms with Gasteiger partial charge in [-0.15, -0.1) is 0 Å². The Morgan fingerprint density at radius 3 is 2.57 bits per heavy atom. The normalized spacial score (nSPS) is 11.8.